The third kappa shape index (κ3) is 4.08. The molecule has 7 nitrogen and oxygen atoms in total. The third-order valence-corrected chi connectivity index (χ3v) is 6.83. The Morgan fingerprint density at radius 1 is 1.00 bits per heavy atom. The fourth-order valence-corrected chi connectivity index (χ4v) is 5.22. The van der Waals surface area contributed by atoms with Crippen LogP contribution in [0.25, 0.3) is 11.5 Å². The highest BCUT2D eigenvalue weighted by atomic mass is 16.5. The second kappa shape index (κ2) is 8.80. The third-order valence-electron chi connectivity index (χ3n) is 6.83. The van der Waals surface area contributed by atoms with Crippen molar-refractivity contribution in [1.29, 1.82) is 5.26 Å². The van der Waals surface area contributed by atoms with Crippen molar-refractivity contribution in [3.8, 4) is 23.3 Å². The smallest absolute Gasteiger partial charge is 0.250 e. The molecule has 2 aliphatic heterocycles. The number of hydrogen-bond acceptors (Lipinski definition) is 6. The van der Waals surface area contributed by atoms with E-state index in [1.165, 1.54) is 0 Å². The standard InChI is InChI=1S/C28H24N4O3/c29-14-24-28(31-15-20-13-22(17-31)25-7-4-8-26(33)32(25)16-20)35-27(30-24)21-9-11-23(12-10-21)34-18-19-5-2-1-3-6-19/h1-12,20,22H,13,15-18H2. The van der Waals surface area contributed by atoms with Crippen molar-refractivity contribution in [2.75, 3.05) is 18.0 Å². The molecule has 6 rings (SSSR count). The Kier molecular flexibility index (Phi) is 5.34. The largest absolute Gasteiger partial charge is 0.489 e. The van der Waals surface area contributed by atoms with Gasteiger partial charge in [-0.25, -0.2) is 0 Å². The number of pyridine rings is 1. The van der Waals surface area contributed by atoms with Gasteiger partial charge in [-0.1, -0.05) is 36.4 Å². The van der Waals surface area contributed by atoms with Gasteiger partial charge in [0.15, 0.2) is 0 Å². The van der Waals surface area contributed by atoms with E-state index in [-0.39, 0.29) is 17.2 Å². The zero-order valence-corrected chi connectivity index (χ0v) is 19.1. The molecule has 0 N–H and O–H groups in total. The molecule has 0 aliphatic carbocycles. The predicted molar refractivity (Wildman–Crippen MR) is 131 cm³/mol. The summed E-state index contributed by atoms with van der Waals surface area (Å²) >= 11 is 0. The Balaban J connectivity index is 1.22. The van der Waals surface area contributed by atoms with Gasteiger partial charge in [-0.2, -0.15) is 10.2 Å². The normalized spacial score (nSPS) is 18.5. The van der Waals surface area contributed by atoms with Crippen LogP contribution in [0.15, 0.2) is 82.0 Å². The van der Waals surface area contributed by atoms with Crippen LogP contribution in [-0.2, 0) is 13.2 Å². The summed E-state index contributed by atoms with van der Waals surface area (Å²) < 4.78 is 13.9. The van der Waals surface area contributed by atoms with Gasteiger partial charge in [-0.05, 0) is 48.2 Å². The van der Waals surface area contributed by atoms with Gasteiger partial charge in [0, 0.05) is 42.9 Å². The van der Waals surface area contributed by atoms with Gasteiger partial charge in [-0.3, -0.25) is 4.79 Å². The van der Waals surface area contributed by atoms with E-state index in [0.717, 1.165) is 35.5 Å². The van der Waals surface area contributed by atoms with Gasteiger partial charge in [0.25, 0.3) is 5.56 Å². The first-order valence-electron chi connectivity index (χ1n) is 11.8. The maximum atomic E-state index is 12.3. The fourth-order valence-electron chi connectivity index (χ4n) is 5.22. The number of hydrogen-bond donors (Lipinski definition) is 0. The molecule has 2 aromatic carbocycles. The number of piperidine rings is 1. The van der Waals surface area contributed by atoms with Crippen LogP contribution in [0.4, 0.5) is 5.88 Å². The number of oxazole rings is 1. The Hall–Kier alpha value is -4.31. The highest BCUT2D eigenvalue weighted by molar-refractivity contribution is 5.60. The molecule has 2 unspecified atom stereocenters. The molecule has 0 saturated carbocycles. The molecule has 35 heavy (non-hydrogen) atoms. The number of fused-ring (bicyclic) bond motifs is 4. The monoisotopic (exact) mass is 464 g/mol. The molecular weight excluding hydrogens is 440 g/mol. The van der Waals surface area contributed by atoms with E-state index in [4.69, 9.17) is 9.15 Å². The fraction of sp³-hybridized carbons (Fsp3) is 0.250. The molecule has 2 atom stereocenters. The molecule has 0 radical (unpaired) electrons. The number of anilines is 1. The summed E-state index contributed by atoms with van der Waals surface area (Å²) in [5.41, 5.74) is 3.29. The van der Waals surface area contributed by atoms with Gasteiger partial charge >= 0.3 is 0 Å². The lowest BCUT2D eigenvalue weighted by Crippen LogP contribution is -2.47. The lowest BCUT2D eigenvalue weighted by Gasteiger charge is -2.42. The summed E-state index contributed by atoms with van der Waals surface area (Å²) in [6.45, 7) is 2.60. The molecule has 2 aromatic heterocycles. The van der Waals surface area contributed by atoms with E-state index in [2.05, 4.69) is 16.0 Å². The number of benzene rings is 2. The van der Waals surface area contributed by atoms with E-state index in [0.29, 0.717) is 37.4 Å². The quantitative estimate of drug-likeness (QED) is 0.430. The molecule has 4 aromatic rings. The van der Waals surface area contributed by atoms with Crippen molar-refractivity contribution in [1.82, 2.24) is 9.55 Å². The maximum Gasteiger partial charge on any atom is 0.250 e. The van der Waals surface area contributed by atoms with Crippen LogP contribution >= 0.6 is 0 Å². The molecule has 4 heterocycles. The minimum atomic E-state index is 0.0570. The number of ether oxygens (including phenoxy) is 1. The average molecular weight is 465 g/mol. The molecule has 7 heteroatoms. The van der Waals surface area contributed by atoms with Crippen LogP contribution in [0, 0.1) is 17.2 Å². The van der Waals surface area contributed by atoms with Gasteiger partial charge < -0.3 is 18.6 Å². The Morgan fingerprint density at radius 3 is 2.63 bits per heavy atom. The zero-order chi connectivity index (χ0) is 23.8. The van der Waals surface area contributed by atoms with Crippen molar-refractivity contribution in [3.63, 3.8) is 0 Å². The minimum absolute atomic E-state index is 0.0570. The lowest BCUT2D eigenvalue weighted by molar-refractivity contribution is 0.275. The first-order valence-corrected chi connectivity index (χ1v) is 11.8. The zero-order valence-electron chi connectivity index (χ0n) is 19.1. The summed E-state index contributed by atoms with van der Waals surface area (Å²) in [6.07, 6.45) is 1.03. The van der Waals surface area contributed by atoms with Crippen molar-refractivity contribution < 1.29 is 9.15 Å². The first-order chi connectivity index (χ1) is 17.2. The molecule has 1 fully saturated rings. The number of rotatable bonds is 5. The Bertz CT molecular complexity index is 1450. The molecular formula is C28H24N4O3. The summed E-state index contributed by atoms with van der Waals surface area (Å²) in [5, 5.41) is 9.76. The van der Waals surface area contributed by atoms with E-state index >= 15 is 0 Å². The average Bonchev–Trinajstić information content (AvgIpc) is 3.34. The van der Waals surface area contributed by atoms with E-state index in [1.807, 2.05) is 71.3 Å². The first kappa shape index (κ1) is 21.2. The van der Waals surface area contributed by atoms with Crippen LogP contribution in [-0.4, -0.2) is 22.6 Å². The molecule has 2 bridgehead atoms. The van der Waals surface area contributed by atoms with Crippen LogP contribution in [0.5, 0.6) is 5.75 Å². The topological polar surface area (TPSA) is 84.3 Å². The van der Waals surface area contributed by atoms with Crippen molar-refractivity contribution in [3.05, 3.63) is 100 Å². The molecule has 0 spiro atoms. The van der Waals surface area contributed by atoms with Gasteiger partial charge in [-0.15, -0.1) is 0 Å². The van der Waals surface area contributed by atoms with E-state index in [1.54, 1.807) is 6.07 Å². The summed E-state index contributed by atoms with van der Waals surface area (Å²) in [5.74, 6) is 2.22. The molecule has 174 valence electrons. The van der Waals surface area contributed by atoms with E-state index < -0.39 is 0 Å². The van der Waals surface area contributed by atoms with Gasteiger partial charge in [0.2, 0.25) is 17.5 Å². The van der Waals surface area contributed by atoms with Crippen molar-refractivity contribution in [2.45, 2.75) is 25.5 Å². The van der Waals surface area contributed by atoms with E-state index in [9.17, 15) is 10.1 Å². The number of nitriles is 1. The van der Waals surface area contributed by atoms with Gasteiger partial charge in [0.05, 0.1) is 0 Å². The molecule has 0 amide bonds. The summed E-state index contributed by atoms with van der Waals surface area (Å²) in [4.78, 5) is 18.9. The molecule has 2 aliphatic rings. The Morgan fingerprint density at radius 2 is 1.83 bits per heavy atom. The maximum absolute atomic E-state index is 12.3. The summed E-state index contributed by atoms with van der Waals surface area (Å²) in [6, 6.07) is 25.2. The minimum Gasteiger partial charge on any atom is -0.489 e. The number of aromatic nitrogens is 2. The van der Waals surface area contributed by atoms with Crippen LogP contribution in [0.1, 0.15) is 29.3 Å². The number of nitrogens with zero attached hydrogens (tertiary/aromatic N) is 4. The molecule has 1 saturated heterocycles. The highest BCUT2D eigenvalue weighted by Gasteiger charge is 2.36. The van der Waals surface area contributed by atoms with Crippen molar-refractivity contribution >= 4 is 5.88 Å². The predicted octanol–water partition coefficient (Wildman–Crippen LogP) is 4.58. The SMILES string of the molecule is N#Cc1nc(-c2ccc(OCc3ccccc3)cc2)oc1N1CC2CC(C1)c1cccc(=O)n1C2. The van der Waals surface area contributed by atoms with Crippen LogP contribution < -0.4 is 15.2 Å². The second-order valence-electron chi connectivity index (χ2n) is 9.19. The van der Waals surface area contributed by atoms with Crippen LogP contribution in [0.3, 0.4) is 0 Å². The van der Waals surface area contributed by atoms with Gasteiger partial charge in [0.1, 0.15) is 18.4 Å². The lowest BCUT2D eigenvalue weighted by atomic mass is 9.83. The van der Waals surface area contributed by atoms with Crippen LogP contribution in [0.2, 0.25) is 0 Å². The second-order valence-corrected chi connectivity index (χ2v) is 9.19. The highest BCUT2D eigenvalue weighted by Crippen LogP contribution is 2.39. The van der Waals surface area contributed by atoms with Crippen molar-refractivity contribution in [2.24, 2.45) is 5.92 Å². The summed E-state index contributed by atoms with van der Waals surface area (Å²) in [7, 11) is 0. The Labute approximate surface area is 202 Å².